The normalized spacial score (nSPS) is 19.7. The van der Waals surface area contributed by atoms with E-state index in [1.54, 1.807) is 28.8 Å². The fourth-order valence-electron chi connectivity index (χ4n) is 3.34. The minimum atomic E-state index is -0.460. The van der Waals surface area contributed by atoms with Gasteiger partial charge in [-0.05, 0) is 62.1 Å². The van der Waals surface area contributed by atoms with Gasteiger partial charge in [-0.2, -0.15) is 9.50 Å². The van der Waals surface area contributed by atoms with Crippen LogP contribution in [0, 0.1) is 0 Å². The molecule has 1 saturated carbocycles. The molecule has 4 rings (SSSR count). The average Bonchev–Trinajstić information content (AvgIpc) is 3.07. The number of hydrogen-bond donors (Lipinski definition) is 4. The van der Waals surface area contributed by atoms with Crippen molar-refractivity contribution in [3.8, 4) is 0 Å². The first-order chi connectivity index (χ1) is 13.1. The van der Waals surface area contributed by atoms with E-state index >= 15 is 0 Å². The summed E-state index contributed by atoms with van der Waals surface area (Å²) in [6.45, 7) is 0. The molecule has 0 radical (unpaired) electrons. The molecule has 8 nitrogen and oxygen atoms in total. The summed E-state index contributed by atoms with van der Waals surface area (Å²) in [7, 11) is 0. The second-order valence-electron chi connectivity index (χ2n) is 6.83. The van der Waals surface area contributed by atoms with Gasteiger partial charge in [0.2, 0.25) is 11.9 Å². The van der Waals surface area contributed by atoms with Crippen LogP contribution < -0.4 is 16.4 Å². The van der Waals surface area contributed by atoms with E-state index in [-0.39, 0.29) is 6.10 Å². The highest BCUT2D eigenvalue weighted by Crippen LogP contribution is 2.23. The fourth-order valence-corrected chi connectivity index (χ4v) is 3.34. The van der Waals surface area contributed by atoms with Gasteiger partial charge < -0.3 is 21.5 Å². The molecule has 1 aliphatic rings. The first kappa shape index (κ1) is 17.3. The zero-order valence-corrected chi connectivity index (χ0v) is 14.8. The molecule has 0 atom stereocenters. The van der Waals surface area contributed by atoms with E-state index in [9.17, 15) is 9.90 Å². The van der Waals surface area contributed by atoms with Gasteiger partial charge in [0.1, 0.15) is 5.82 Å². The van der Waals surface area contributed by atoms with Crippen LogP contribution in [0.15, 0.2) is 42.5 Å². The Morgan fingerprint density at radius 1 is 1.11 bits per heavy atom. The molecule has 2 aromatic heterocycles. The molecule has 1 aliphatic carbocycles. The quantitative estimate of drug-likeness (QED) is 0.550. The van der Waals surface area contributed by atoms with Crippen LogP contribution in [0.1, 0.15) is 36.0 Å². The van der Waals surface area contributed by atoms with Gasteiger partial charge in [-0.3, -0.25) is 4.79 Å². The predicted octanol–water partition coefficient (Wildman–Crippen LogP) is 2.29. The lowest BCUT2D eigenvalue weighted by atomic mass is 9.93. The molecular weight excluding hydrogens is 344 g/mol. The van der Waals surface area contributed by atoms with Crippen LogP contribution in [-0.4, -0.2) is 37.8 Å². The summed E-state index contributed by atoms with van der Waals surface area (Å²) in [5, 5.41) is 20.9. The summed E-state index contributed by atoms with van der Waals surface area (Å²) in [6.07, 6.45) is 3.33. The molecule has 140 valence electrons. The number of carbonyl (C=O) groups excluding carboxylic acids is 1. The van der Waals surface area contributed by atoms with Crippen LogP contribution in [0.4, 0.5) is 17.5 Å². The average molecular weight is 366 g/mol. The molecule has 0 saturated heterocycles. The lowest BCUT2D eigenvalue weighted by Gasteiger charge is -2.26. The number of anilines is 3. The maximum Gasteiger partial charge on any atom is 0.248 e. The third-order valence-electron chi connectivity index (χ3n) is 4.83. The summed E-state index contributed by atoms with van der Waals surface area (Å²) < 4.78 is 1.77. The molecular formula is C19H22N6O2. The number of primary amides is 1. The molecule has 8 heteroatoms. The summed E-state index contributed by atoms with van der Waals surface area (Å²) in [5.41, 5.74) is 7.21. The van der Waals surface area contributed by atoms with E-state index in [0.717, 1.165) is 42.8 Å². The molecule has 0 spiro atoms. The number of fused-ring (bicyclic) bond motifs is 1. The second kappa shape index (κ2) is 7.24. The summed E-state index contributed by atoms with van der Waals surface area (Å²) in [5.74, 6) is 0.881. The maximum absolute atomic E-state index is 11.2. The van der Waals surface area contributed by atoms with Gasteiger partial charge in [-0.25, -0.2) is 0 Å². The summed E-state index contributed by atoms with van der Waals surface area (Å²) in [6, 6.07) is 13.0. The SMILES string of the molecule is NC(=O)c1ccc(Nc2nc3cccc(NC4CCC(O)CC4)n3n2)cc1. The molecule has 1 aromatic carbocycles. The Balaban J connectivity index is 1.52. The second-order valence-corrected chi connectivity index (χ2v) is 6.83. The van der Waals surface area contributed by atoms with E-state index in [2.05, 4.69) is 20.7 Å². The van der Waals surface area contributed by atoms with Crippen LogP contribution in [-0.2, 0) is 0 Å². The Labute approximate surface area is 156 Å². The first-order valence-corrected chi connectivity index (χ1v) is 9.06. The largest absolute Gasteiger partial charge is 0.393 e. The van der Waals surface area contributed by atoms with Gasteiger partial charge in [-0.1, -0.05) is 6.07 Å². The number of benzene rings is 1. The van der Waals surface area contributed by atoms with Gasteiger partial charge in [0.15, 0.2) is 5.65 Å². The molecule has 3 aromatic rings. The van der Waals surface area contributed by atoms with Crippen molar-refractivity contribution in [2.75, 3.05) is 10.6 Å². The Morgan fingerprint density at radius 3 is 2.56 bits per heavy atom. The third kappa shape index (κ3) is 3.85. The van der Waals surface area contributed by atoms with Crippen molar-refractivity contribution in [3.05, 3.63) is 48.0 Å². The number of nitrogens with zero attached hydrogens (tertiary/aromatic N) is 3. The van der Waals surface area contributed by atoms with Crippen molar-refractivity contribution in [2.45, 2.75) is 37.8 Å². The highest BCUT2D eigenvalue weighted by Gasteiger charge is 2.20. The van der Waals surface area contributed by atoms with Gasteiger partial charge in [0.05, 0.1) is 6.10 Å². The van der Waals surface area contributed by atoms with Crippen molar-refractivity contribution in [2.24, 2.45) is 5.73 Å². The van der Waals surface area contributed by atoms with E-state index in [1.807, 2.05) is 18.2 Å². The highest BCUT2D eigenvalue weighted by molar-refractivity contribution is 5.93. The van der Waals surface area contributed by atoms with Crippen LogP contribution in [0.25, 0.3) is 5.65 Å². The fraction of sp³-hybridized carbons (Fsp3) is 0.316. The van der Waals surface area contributed by atoms with Crippen LogP contribution in [0.3, 0.4) is 0 Å². The van der Waals surface area contributed by atoms with Crippen LogP contribution >= 0.6 is 0 Å². The number of rotatable bonds is 5. The topological polar surface area (TPSA) is 118 Å². The Bertz CT molecular complexity index is 944. The van der Waals surface area contributed by atoms with E-state index in [0.29, 0.717) is 17.6 Å². The summed E-state index contributed by atoms with van der Waals surface area (Å²) in [4.78, 5) is 15.7. The molecule has 5 N–H and O–H groups in total. The number of aliphatic hydroxyl groups is 1. The molecule has 1 fully saturated rings. The van der Waals surface area contributed by atoms with Crippen molar-refractivity contribution < 1.29 is 9.90 Å². The first-order valence-electron chi connectivity index (χ1n) is 9.06. The molecule has 0 unspecified atom stereocenters. The Morgan fingerprint density at radius 2 is 1.85 bits per heavy atom. The van der Waals surface area contributed by atoms with E-state index in [1.165, 1.54) is 0 Å². The van der Waals surface area contributed by atoms with Crippen molar-refractivity contribution in [3.63, 3.8) is 0 Å². The van der Waals surface area contributed by atoms with Crippen molar-refractivity contribution in [1.29, 1.82) is 0 Å². The highest BCUT2D eigenvalue weighted by atomic mass is 16.3. The zero-order chi connectivity index (χ0) is 18.8. The van der Waals surface area contributed by atoms with Gasteiger partial charge in [-0.15, -0.1) is 5.10 Å². The smallest absolute Gasteiger partial charge is 0.248 e. The van der Waals surface area contributed by atoms with Crippen molar-refractivity contribution in [1.82, 2.24) is 14.6 Å². The molecule has 27 heavy (non-hydrogen) atoms. The lowest BCUT2D eigenvalue weighted by Crippen LogP contribution is -2.29. The number of pyridine rings is 1. The number of nitrogens with two attached hydrogens (primary N) is 1. The molecule has 2 heterocycles. The molecule has 1 amide bonds. The third-order valence-corrected chi connectivity index (χ3v) is 4.83. The zero-order valence-electron chi connectivity index (χ0n) is 14.8. The van der Waals surface area contributed by atoms with Gasteiger partial charge in [0.25, 0.3) is 0 Å². The Kier molecular flexibility index (Phi) is 4.64. The molecule has 0 aliphatic heterocycles. The standard InChI is InChI=1S/C19H22N6O2/c20-18(27)12-4-6-14(7-5-12)22-19-23-17-3-1-2-16(25(17)24-19)21-13-8-10-15(26)11-9-13/h1-7,13,15,21,26H,8-11H2,(H2,20,27)(H,22,24). The maximum atomic E-state index is 11.2. The monoisotopic (exact) mass is 366 g/mol. The molecule has 0 bridgehead atoms. The van der Waals surface area contributed by atoms with Gasteiger partial charge in [0, 0.05) is 17.3 Å². The number of nitrogens with one attached hydrogen (secondary N) is 2. The summed E-state index contributed by atoms with van der Waals surface area (Å²) >= 11 is 0. The number of aromatic nitrogens is 3. The van der Waals surface area contributed by atoms with Gasteiger partial charge >= 0.3 is 0 Å². The minimum absolute atomic E-state index is 0.179. The van der Waals surface area contributed by atoms with Crippen molar-refractivity contribution >= 4 is 29.0 Å². The van der Waals surface area contributed by atoms with Crippen LogP contribution in [0.5, 0.6) is 0 Å². The van der Waals surface area contributed by atoms with Crippen LogP contribution in [0.2, 0.25) is 0 Å². The Hall–Kier alpha value is -3.13. The lowest BCUT2D eigenvalue weighted by molar-refractivity contribution is 0.1000. The number of amides is 1. The number of carbonyl (C=O) groups is 1. The number of hydrogen-bond acceptors (Lipinski definition) is 6. The van der Waals surface area contributed by atoms with E-state index < -0.39 is 5.91 Å². The predicted molar refractivity (Wildman–Crippen MR) is 103 cm³/mol. The number of aliphatic hydroxyl groups excluding tert-OH is 1. The van der Waals surface area contributed by atoms with E-state index in [4.69, 9.17) is 5.73 Å². The minimum Gasteiger partial charge on any atom is -0.393 e.